The minimum Gasteiger partial charge on any atom is -0.395 e. The molecular weight excluding hydrogens is 264 g/mol. The van der Waals surface area contributed by atoms with Crippen LogP contribution < -0.4 is 0 Å². The summed E-state index contributed by atoms with van der Waals surface area (Å²) in [5.74, 6) is 1.52. The fourth-order valence-electron chi connectivity index (χ4n) is 3.94. The Kier molecular flexibility index (Phi) is 6.06. The van der Waals surface area contributed by atoms with Crippen LogP contribution in [0.15, 0.2) is 0 Å². The molecule has 0 bridgehead atoms. The van der Waals surface area contributed by atoms with Gasteiger partial charge in [-0.3, -0.25) is 9.69 Å². The lowest BCUT2D eigenvalue weighted by atomic mass is 9.86. The largest absolute Gasteiger partial charge is 0.395 e. The van der Waals surface area contributed by atoms with Gasteiger partial charge in [0.1, 0.15) is 0 Å². The SMILES string of the molecule is CC1CCC(N(C)C(=O)CN2CCCC(C)C2CO)CC1. The molecule has 2 fully saturated rings. The summed E-state index contributed by atoms with van der Waals surface area (Å²) in [5, 5.41) is 9.59. The van der Waals surface area contributed by atoms with Crippen LogP contribution in [0.5, 0.6) is 0 Å². The third-order valence-electron chi connectivity index (χ3n) is 5.68. The van der Waals surface area contributed by atoms with Crippen molar-refractivity contribution >= 4 is 5.91 Å². The van der Waals surface area contributed by atoms with Gasteiger partial charge in [0.25, 0.3) is 0 Å². The number of nitrogens with zero attached hydrogens (tertiary/aromatic N) is 2. The van der Waals surface area contributed by atoms with Crippen LogP contribution in [0.25, 0.3) is 0 Å². The van der Waals surface area contributed by atoms with E-state index >= 15 is 0 Å². The van der Waals surface area contributed by atoms with Crippen molar-refractivity contribution in [3.8, 4) is 0 Å². The maximum atomic E-state index is 12.6. The van der Waals surface area contributed by atoms with Crippen LogP contribution in [0, 0.1) is 11.8 Å². The lowest BCUT2D eigenvalue weighted by molar-refractivity contribution is -0.135. The molecule has 21 heavy (non-hydrogen) atoms. The van der Waals surface area contributed by atoms with Crippen LogP contribution in [-0.4, -0.2) is 59.6 Å². The molecule has 1 aliphatic carbocycles. The van der Waals surface area contributed by atoms with E-state index in [1.165, 1.54) is 12.8 Å². The first-order chi connectivity index (χ1) is 10.0. The van der Waals surface area contributed by atoms with Crippen molar-refractivity contribution in [1.82, 2.24) is 9.80 Å². The number of likely N-dealkylation sites (tertiary alicyclic amines) is 1. The minimum absolute atomic E-state index is 0.155. The van der Waals surface area contributed by atoms with Gasteiger partial charge in [-0.1, -0.05) is 13.8 Å². The third-order valence-corrected chi connectivity index (χ3v) is 5.68. The van der Waals surface area contributed by atoms with Gasteiger partial charge in [-0.05, 0) is 56.9 Å². The maximum absolute atomic E-state index is 12.6. The van der Waals surface area contributed by atoms with E-state index in [1.807, 2.05) is 11.9 Å². The van der Waals surface area contributed by atoms with Gasteiger partial charge in [0.15, 0.2) is 0 Å². The molecule has 1 amide bonds. The average molecular weight is 296 g/mol. The third kappa shape index (κ3) is 4.19. The van der Waals surface area contributed by atoms with Crippen molar-refractivity contribution in [3.05, 3.63) is 0 Å². The summed E-state index contributed by atoms with van der Waals surface area (Å²) in [6, 6.07) is 0.575. The van der Waals surface area contributed by atoms with Crippen LogP contribution in [0.3, 0.4) is 0 Å². The zero-order valence-corrected chi connectivity index (χ0v) is 13.9. The zero-order chi connectivity index (χ0) is 15.4. The van der Waals surface area contributed by atoms with Crippen LogP contribution >= 0.6 is 0 Å². The summed E-state index contributed by atoms with van der Waals surface area (Å²) in [7, 11) is 1.96. The number of carbonyl (C=O) groups excluding carboxylic acids is 1. The Hall–Kier alpha value is -0.610. The summed E-state index contributed by atoms with van der Waals surface area (Å²) in [5.41, 5.74) is 0. The molecule has 1 N–H and O–H groups in total. The van der Waals surface area contributed by atoms with E-state index in [1.54, 1.807) is 0 Å². The predicted octanol–water partition coefficient (Wildman–Crippen LogP) is 2.12. The Morgan fingerprint density at radius 3 is 2.48 bits per heavy atom. The van der Waals surface area contributed by atoms with Crippen LogP contribution in [0.4, 0.5) is 0 Å². The molecule has 122 valence electrons. The Morgan fingerprint density at radius 2 is 1.86 bits per heavy atom. The molecule has 1 saturated carbocycles. The Morgan fingerprint density at radius 1 is 1.19 bits per heavy atom. The molecule has 1 saturated heterocycles. The first-order valence-corrected chi connectivity index (χ1v) is 8.63. The highest BCUT2D eigenvalue weighted by atomic mass is 16.3. The lowest BCUT2D eigenvalue weighted by Crippen LogP contribution is -2.52. The van der Waals surface area contributed by atoms with Gasteiger partial charge >= 0.3 is 0 Å². The van der Waals surface area contributed by atoms with Gasteiger partial charge in [-0.2, -0.15) is 0 Å². The molecule has 1 aliphatic heterocycles. The van der Waals surface area contributed by atoms with E-state index in [9.17, 15) is 9.90 Å². The number of aliphatic hydroxyl groups is 1. The highest BCUT2D eigenvalue weighted by molar-refractivity contribution is 5.78. The van der Waals surface area contributed by atoms with Gasteiger partial charge in [0.2, 0.25) is 5.91 Å². The van der Waals surface area contributed by atoms with Gasteiger partial charge in [0.05, 0.1) is 13.2 Å². The summed E-state index contributed by atoms with van der Waals surface area (Å²) >= 11 is 0. The predicted molar refractivity (Wildman–Crippen MR) is 85.0 cm³/mol. The number of amides is 1. The number of carbonyl (C=O) groups is 1. The van der Waals surface area contributed by atoms with E-state index in [0.29, 0.717) is 18.5 Å². The summed E-state index contributed by atoms with van der Waals surface area (Å²) < 4.78 is 0. The quantitative estimate of drug-likeness (QED) is 0.864. The van der Waals surface area contributed by atoms with Gasteiger partial charge in [-0.15, -0.1) is 0 Å². The van der Waals surface area contributed by atoms with E-state index in [2.05, 4.69) is 18.7 Å². The van der Waals surface area contributed by atoms with E-state index in [4.69, 9.17) is 0 Å². The smallest absolute Gasteiger partial charge is 0.236 e. The van der Waals surface area contributed by atoms with Crippen LogP contribution in [0.1, 0.15) is 52.4 Å². The first kappa shape index (κ1) is 16.8. The summed E-state index contributed by atoms with van der Waals surface area (Å²) in [4.78, 5) is 16.7. The van der Waals surface area contributed by atoms with Crippen molar-refractivity contribution in [2.75, 3.05) is 26.7 Å². The highest BCUT2D eigenvalue weighted by Gasteiger charge is 2.31. The second-order valence-electron chi connectivity index (χ2n) is 7.26. The number of aliphatic hydroxyl groups excluding tert-OH is 1. The Bertz CT molecular complexity index is 340. The Labute approximate surface area is 129 Å². The standard InChI is InChI=1S/C17H32N2O2/c1-13-6-8-15(9-7-13)18(3)17(21)11-19-10-4-5-14(2)16(19)12-20/h13-16,20H,4-12H2,1-3H3. The normalized spacial score (nSPS) is 34.7. The van der Waals surface area contributed by atoms with Gasteiger partial charge < -0.3 is 10.0 Å². The van der Waals surface area contributed by atoms with E-state index < -0.39 is 0 Å². The molecule has 2 rings (SSSR count). The van der Waals surface area contributed by atoms with Crippen molar-refractivity contribution in [2.24, 2.45) is 11.8 Å². The molecule has 2 atom stereocenters. The number of hydrogen-bond donors (Lipinski definition) is 1. The molecule has 2 unspecified atom stereocenters. The van der Waals surface area contributed by atoms with Crippen molar-refractivity contribution in [1.29, 1.82) is 0 Å². The second kappa shape index (κ2) is 7.59. The fourth-order valence-corrected chi connectivity index (χ4v) is 3.94. The summed E-state index contributed by atoms with van der Waals surface area (Å²) in [6.45, 7) is 6.07. The van der Waals surface area contributed by atoms with Crippen molar-refractivity contribution in [2.45, 2.75) is 64.5 Å². The zero-order valence-electron chi connectivity index (χ0n) is 13.9. The lowest BCUT2D eigenvalue weighted by Gasteiger charge is -2.40. The molecule has 4 nitrogen and oxygen atoms in total. The molecule has 0 spiro atoms. The van der Waals surface area contributed by atoms with Gasteiger partial charge in [-0.25, -0.2) is 0 Å². The minimum atomic E-state index is 0.155. The first-order valence-electron chi connectivity index (χ1n) is 8.63. The molecule has 0 aromatic rings. The number of likely N-dealkylation sites (N-methyl/N-ethyl adjacent to an activating group) is 1. The highest BCUT2D eigenvalue weighted by Crippen LogP contribution is 2.27. The molecule has 2 aliphatic rings. The Balaban J connectivity index is 1.87. The average Bonchev–Trinajstić information content (AvgIpc) is 2.47. The summed E-state index contributed by atoms with van der Waals surface area (Å²) in [6.07, 6.45) is 7.05. The molecule has 0 radical (unpaired) electrons. The number of piperidine rings is 1. The fraction of sp³-hybridized carbons (Fsp3) is 0.941. The van der Waals surface area contributed by atoms with Crippen LogP contribution in [0.2, 0.25) is 0 Å². The molecule has 4 heteroatoms. The number of hydrogen-bond acceptors (Lipinski definition) is 3. The molecular formula is C17H32N2O2. The molecule has 0 aromatic carbocycles. The number of rotatable bonds is 4. The van der Waals surface area contributed by atoms with Crippen molar-refractivity contribution < 1.29 is 9.90 Å². The second-order valence-corrected chi connectivity index (χ2v) is 7.26. The van der Waals surface area contributed by atoms with E-state index in [0.717, 1.165) is 38.1 Å². The van der Waals surface area contributed by atoms with Crippen molar-refractivity contribution in [3.63, 3.8) is 0 Å². The molecule has 1 heterocycles. The topological polar surface area (TPSA) is 43.8 Å². The van der Waals surface area contributed by atoms with E-state index in [-0.39, 0.29) is 18.6 Å². The monoisotopic (exact) mass is 296 g/mol. The maximum Gasteiger partial charge on any atom is 0.236 e. The van der Waals surface area contributed by atoms with Gasteiger partial charge in [0, 0.05) is 19.1 Å². The van der Waals surface area contributed by atoms with Crippen LogP contribution in [-0.2, 0) is 4.79 Å². The molecule has 0 aromatic heterocycles.